The van der Waals surface area contributed by atoms with E-state index in [1.165, 1.54) is 0 Å². The second kappa shape index (κ2) is 5.88. The fourth-order valence-electron chi connectivity index (χ4n) is 0.726. The third-order valence-corrected chi connectivity index (χ3v) is 1.70. The zero-order chi connectivity index (χ0) is 9.52. The van der Waals surface area contributed by atoms with E-state index >= 15 is 0 Å². The van der Waals surface area contributed by atoms with Gasteiger partial charge in [-0.25, -0.2) is 4.98 Å². The van der Waals surface area contributed by atoms with E-state index in [1.54, 1.807) is 12.3 Å². The Morgan fingerprint density at radius 1 is 1.46 bits per heavy atom. The van der Waals surface area contributed by atoms with Crippen molar-refractivity contribution in [3.05, 3.63) is 16.9 Å². The first kappa shape index (κ1) is 10.4. The van der Waals surface area contributed by atoms with E-state index in [1.807, 2.05) is 6.92 Å². The Bertz CT molecular complexity index is 258. The molecule has 1 rings (SSSR count). The third kappa shape index (κ3) is 4.19. The molecule has 1 aromatic rings. The molecule has 13 heavy (non-hydrogen) atoms. The van der Waals surface area contributed by atoms with Gasteiger partial charge in [0.2, 0.25) is 0 Å². The second-order valence-corrected chi connectivity index (χ2v) is 3.02. The van der Waals surface area contributed by atoms with Gasteiger partial charge >= 0.3 is 6.01 Å². The molecule has 4 nitrogen and oxygen atoms in total. The standard InChI is InChI=1S/C8H11BrN2O2/c1-2-12-5-6-13-8-10-4-3-7(9)11-8/h3-4H,2,5-6H2,1H3. The average Bonchev–Trinajstić information content (AvgIpc) is 2.13. The van der Waals surface area contributed by atoms with Crippen molar-refractivity contribution >= 4 is 15.9 Å². The lowest BCUT2D eigenvalue weighted by Gasteiger charge is -2.03. The van der Waals surface area contributed by atoms with Crippen LogP contribution in [0.4, 0.5) is 0 Å². The molecule has 0 saturated heterocycles. The van der Waals surface area contributed by atoms with Crippen LogP contribution in [0.3, 0.4) is 0 Å². The summed E-state index contributed by atoms with van der Waals surface area (Å²) in [7, 11) is 0. The van der Waals surface area contributed by atoms with E-state index < -0.39 is 0 Å². The van der Waals surface area contributed by atoms with E-state index in [0.717, 1.165) is 0 Å². The van der Waals surface area contributed by atoms with Crippen molar-refractivity contribution in [1.29, 1.82) is 0 Å². The Kier molecular flexibility index (Phi) is 4.70. The van der Waals surface area contributed by atoms with E-state index in [4.69, 9.17) is 9.47 Å². The smallest absolute Gasteiger partial charge is 0.317 e. The number of hydrogen-bond acceptors (Lipinski definition) is 4. The lowest BCUT2D eigenvalue weighted by Crippen LogP contribution is -2.08. The minimum atomic E-state index is 0.370. The van der Waals surface area contributed by atoms with Gasteiger partial charge in [-0.15, -0.1) is 0 Å². The van der Waals surface area contributed by atoms with Crippen molar-refractivity contribution in [2.24, 2.45) is 0 Å². The number of aromatic nitrogens is 2. The summed E-state index contributed by atoms with van der Waals surface area (Å²) in [5, 5.41) is 0. The van der Waals surface area contributed by atoms with Gasteiger partial charge in [0.05, 0.1) is 6.61 Å². The highest BCUT2D eigenvalue weighted by atomic mass is 79.9. The zero-order valence-corrected chi connectivity index (χ0v) is 8.95. The molecule has 0 radical (unpaired) electrons. The first-order valence-corrected chi connectivity index (χ1v) is 4.81. The van der Waals surface area contributed by atoms with Crippen molar-refractivity contribution in [3.63, 3.8) is 0 Å². The summed E-state index contributed by atoms with van der Waals surface area (Å²) < 4.78 is 11.0. The molecule has 1 heterocycles. The molecule has 0 fully saturated rings. The summed E-state index contributed by atoms with van der Waals surface area (Å²) >= 11 is 3.22. The fourth-order valence-corrected chi connectivity index (χ4v) is 0.996. The van der Waals surface area contributed by atoms with Gasteiger partial charge in [0, 0.05) is 12.8 Å². The number of ether oxygens (including phenoxy) is 2. The molecule has 0 atom stereocenters. The Hall–Kier alpha value is -0.680. The second-order valence-electron chi connectivity index (χ2n) is 2.21. The highest BCUT2D eigenvalue weighted by Gasteiger charge is 1.96. The van der Waals surface area contributed by atoms with Crippen LogP contribution in [0.5, 0.6) is 6.01 Å². The van der Waals surface area contributed by atoms with Crippen LogP contribution in [0.2, 0.25) is 0 Å². The molecule has 0 bridgehead atoms. The summed E-state index contributed by atoms with van der Waals surface area (Å²) in [4.78, 5) is 7.92. The molecule has 5 heteroatoms. The molecule has 0 amide bonds. The van der Waals surface area contributed by atoms with Gasteiger partial charge in [-0.1, -0.05) is 0 Å². The first-order chi connectivity index (χ1) is 6.33. The quantitative estimate of drug-likeness (QED) is 0.586. The highest BCUT2D eigenvalue weighted by Crippen LogP contribution is 2.08. The summed E-state index contributed by atoms with van der Waals surface area (Å²) in [6, 6.07) is 2.11. The summed E-state index contributed by atoms with van der Waals surface area (Å²) in [6.45, 7) is 3.68. The Labute approximate surface area is 85.4 Å². The van der Waals surface area contributed by atoms with E-state index in [2.05, 4.69) is 25.9 Å². The predicted octanol–water partition coefficient (Wildman–Crippen LogP) is 1.65. The fraction of sp³-hybridized carbons (Fsp3) is 0.500. The topological polar surface area (TPSA) is 44.2 Å². The van der Waals surface area contributed by atoms with Gasteiger partial charge in [-0.05, 0) is 28.9 Å². The van der Waals surface area contributed by atoms with Crippen molar-refractivity contribution in [2.75, 3.05) is 19.8 Å². The Morgan fingerprint density at radius 2 is 2.31 bits per heavy atom. The molecule has 0 spiro atoms. The lowest BCUT2D eigenvalue weighted by molar-refractivity contribution is 0.106. The van der Waals surface area contributed by atoms with Gasteiger partial charge in [0.15, 0.2) is 0 Å². The zero-order valence-electron chi connectivity index (χ0n) is 7.36. The maximum atomic E-state index is 5.21. The lowest BCUT2D eigenvalue weighted by atomic mass is 10.7. The minimum Gasteiger partial charge on any atom is -0.461 e. The molecular formula is C8H11BrN2O2. The molecular weight excluding hydrogens is 236 g/mol. The molecule has 0 aliphatic heterocycles. The molecule has 0 aliphatic rings. The number of hydrogen-bond donors (Lipinski definition) is 0. The molecule has 0 aromatic carbocycles. The maximum absolute atomic E-state index is 5.21. The third-order valence-electron chi connectivity index (χ3n) is 1.26. The van der Waals surface area contributed by atoms with Crippen LogP contribution in [-0.2, 0) is 4.74 Å². The largest absolute Gasteiger partial charge is 0.461 e. The molecule has 0 N–H and O–H groups in total. The normalized spacial score (nSPS) is 10.0. The van der Waals surface area contributed by atoms with Crippen molar-refractivity contribution in [2.45, 2.75) is 6.92 Å². The van der Waals surface area contributed by atoms with Gasteiger partial charge < -0.3 is 9.47 Å². The van der Waals surface area contributed by atoms with Crippen LogP contribution in [0.15, 0.2) is 16.9 Å². The van der Waals surface area contributed by atoms with Crippen molar-refractivity contribution in [1.82, 2.24) is 9.97 Å². The van der Waals surface area contributed by atoms with Gasteiger partial charge in [-0.3, -0.25) is 0 Å². The van der Waals surface area contributed by atoms with Crippen LogP contribution < -0.4 is 4.74 Å². The molecule has 72 valence electrons. The van der Waals surface area contributed by atoms with Crippen LogP contribution in [0.1, 0.15) is 6.92 Å². The Balaban J connectivity index is 2.28. The number of halogens is 1. The van der Waals surface area contributed by atoms with E-state index in [-0.39, 0.29) is 0 Å². The van der Waals surface area contributed by atoms with Crippen molar-refractivity contribution in [3.8, 4) is 6.01 Å². The molecule has 1 aromatic heterocycles. The SMILES string of the molecule is CCOCCOc1nccc(Br)n1. The summed E-state index contributed by atoms with van der Waals surface area (Å²) in [5.41, 5.74) is 0. The molecule has 0 saturated carbocycles. The molecule has 0 aliphatic carbocycles. The minimum absolute atomic E-state index is 0.370. The number of nitrogens with zero attached hydrogens (tertiary/aromatic N) is 2. The van der Waals surface area contributed by atoms with Crippen LogP contribution in [0.25, 0.3) is 0 Å². The monoisotopic (exact) mass is 246 g/mol. The Morgan fingerprint density at radius 3 is 3.00 bits per heavy atom. The maximum Gasteiger partial charge on any atom is 0.317 e. The van der Waals surface area contributed by atoms with Crippen molar-refractivity contribution < 1.29 is 9.47 Å². The van der Waals surface area contributed by atoms with Gasteiger partial charge in [0.25, 0.3) is 0 Å². The highest BCUT2D eigenvalue weighted by molar-refractivity contribution is 9.10. The van der Waals surface area contributed by atoms with Crippen LogP contribution in [-0.4, -0.2) is 29.8 Å². The van der Waals surface area contributed by atoms with E-state index in [9.17, 15) is 0 Å². The summed E-state index contributed by atoms with van der Waals surface area (Å²) in [6.07, 6.45) is 1.63. The predicted molar refractivity (Wildman–Crippen MR) is 51.7 cm³/mol. The number of rotatable bonds is 5. The summed E-state index contributed by atoms with van der Waals surface area (Å²) in [5.74, 6) is 0. The van der Waals surface area contributed by atoms with E-state index in [0.29, 0.717) is 30.4 Å². The van der Waals surface area contributed by atoms with Crippen LogP contribution >= 0.6 is 15.9 Å². The van der Waals surface area contributed by atoms with Gasteiger partial charge in [0.1, 0.15) is 11.2 Å². The first-order valence-electron chi connectivity index (χ1n) is 4.02. The molecule has 0 unspecified atom stereocenters. The van der Waals surface area contributed by atoms with Gasteiger partial charge in [-0.2, -0.15) is 4.98 Å². The van der Waals surface area contributed by atoms with Crippen LogP contribution in [0, 0.1) is 0 Å². The average molecular weight is 247 g/mol.